The van der Waals surface area contributed by atoms with Crippen molar-refractivity contribution in [3.05, 3.63) is 34.9 Å². The van der Waals surface area contributed by atoms with Gasteiger partial charge in [0.05, 0.1) is 11.6 Å². The van der Waals surface area contributed by atoms with E-state index in [1.54, 1.807) is 20.8 Å². The number of benzene rings is 1. The molecule has 0 saturated heterocycles. The predicted octanol–water partition coefficient (Wildman–Crippen LogP) is 3.15. The summed E-state index contributed by atoms with van der Waals surface area (Å²) in [6.07, 6.45) is 0. The first-order chi connectivity index (χ1) is 9.65. The van der Waals surface area contributed by atoms with E-state index in [4.69, 9.17) is 11.6 Å². The average Bonchev–Trinajstić information content (AvgIpc) is 2.65. The van der Waals surface area contributed by atoms with Crippen molar-refractivity contribution in [3.63, 3.8) is 0 Å². The van der Waals surface area contributed by atoms with Crippen LogP contribution in [0.5, 0.6) is 0 Å². The normalized spacial score (nSPS) is 23.9. The summed E-state index contributed by atoms with van der Waals surface area (Å²) in [5.41, 5.74) is -0.221. The quantitative estimate of drug-likeness (QED) is 0.895. The first-order valence-corrected chi connectivity index (χ1v) is 7.90. The standard InChI is InChI=1S/C15H19ClN2O2S/c1-9(10-7-5-6-8-11(10)16)17-13-18-12(19)15(4,21-13)14(2,3)20/h5-9,20H,1-4H3,(H,17,18,19)/t9-,15+/m0/s1. The number of carbonyl (C=O) groups excluding carboxylic acids is 1. The lowest BCUT2D eigenvalue weighted by molar-refractivity contribution is -0.124. The van der Waals surface area contributed by atoms with Crippen LogP contribution >= 0.6 is 23.4 Å². The molecule has 4 nitrogen and oxygen atoms in total. The lowest BCUT2D eigenvalue weighted by atomic mass is 9.91. The molecule has 0 radical (unpaired) electrons. The highest BCUT2D eigenvalue weighted by molar-refractivity contribution is 8.16. The highest BCUT2D eigenvalue weighted by Gasteiger charge is 2.51. The van der Waals surface area contributed by atoms with Crippen LogP contribution in [0.1, 0.15) is 39.3 Å². The Balaban J connectivity index is 2.14. The maximum atomic E-state index is 12.1. The second-order valence-corrected chi connectivity index (χ2v) is 7.62. The summed E-state index contributed by atoms with van der Waals surface area (Å²) in [5.74, 6) is -0.325. The fourth-order valence-corrected chi connectivity index (χ4v) is 3.43. The van der Waals surface area contributed by atoms with Crippen molar-refractivity contribution >= 4 is 34.4 Å². The Morgan fingerprint density at radius 2 is 2.05 bits per heavy atom. The monoisotopic (exact) mass is 326 g/mol. The Morgan fingerprint density at radius 3 is 2.57 bits per heavy atom. The van der Waals surface area contributed by atoms with Gasteiger partial charge < -0.3 is 10.4 Å². The molecular formula is C15H19ClN2O2S. The van der Waals surface area contributed by atoms with Gasteiger partial charge in [0.15, 0.2) is 5.17 Å². The number of hydrogen-bond donors (Lipinski definition) is 2. The molecule has 1 aliphatic rings. The highest BCUT2D eigenvalue weighted by atomic mass is 35.5. The van der Waals surface area contributed by atoms with Crippen molar-refractivity contribution in [2.24, 2.45) is 4.99 Å². The zero-order valence-corrected chi connectivity index (χ0v) is 14.0. The number of nitrogens with zero attached hydrogens (tertiary/aromatic N) is 1. The second-order valence-electron chi connectivity index (χ2n) is 5.80. The van der Waals surface area contributed by atoms with Gasteiger partial charge in [-0.1, -0.05) is 41.6 Å². The third-order valence-electron chi connectivity index (χ3n) is 3.79. The Labute approximate surface area is 134 Å². The van der Waals surface area contributed by atoms with Crippen LogP contribution in [0.25, 0.3) is 0 Å². The average molecular weight is 327 g/mol. The molecular weight excluding hydrogens is 308 g/mol. The molecule has 2 rings (SSSR count). The lowest BCUT2D eigenvalue weighted by Crippen LogP contribution is -2.49. The summed E-state index contributed by atoms with van der Waals surface area (Å²) < 4.78 is -0.977. The van der Waals surface area contributed by atoms with Crippen molar-refractivity contribution in [1.29, 1.82) is 0 Å². The van der Waals surface area contributed by atoms with Gasteiger partial charge in [0.1, 0.15) is 4.75 Å². The molecule has 2 atom stereocenters. The minimum atomic E-state index is -1.16. The molecule has 1 aromatic rings. The van der Waals surface area contributed by atoms with E-state index in [-0.39, 0.29) is 11.9 Å². The molecule has 0 spiro atoms. The van der Waals surface area contributed by atoms with Crippen LogP contribution in [-0.4, -0.2) is 26.5 Å². The number of aliphatic imine (C=N–C) groups is 1. The van der Waals surface area contributed by atoms with Gasteiger partial charge >= 0.3 is 0 Å². The van der Waals surface area contributed by atoms with Crippen molar-refractivity contribution in [2.75, 3.05) is 0 Å². The maximum Gasteiger partial charge on any atom is 0.267 e. The Bertz CT molecular complexity index is 598. The minimum absolute atomic E-state index is 0.0816. The van der Waals surface area contributed by atoms with Gasteiger partial charge in [-0.3, -0.25) is 4.79 Å². The predicted molar refractivity (Wildman–Crippen MR) is 87.7 cm³/mol. The van der Waals surface area contributed by atoms with Crippen LogP contribution in [0.3, 0.4) is 0 Å². The van der Waals surface area contributed by atoms with E-state index in [9.17, 15) is 9.90 Å². The molecule has 0 fully saturated rings. The number of halogens is 1. The Hall–Kier alpha value is -1.04. The van der Waals surface area contributed by atoms with E-state index in [0.717, 1.165) is 5.56 Å². The van der Waals surface area contributed by atoms with Crippen LogP contribution in [0.15, 0.2) is 29.3 Å². The van der Waals surface area contributed by atoms with Gasteiger partial charge in [0, 0.05) is 5.02 Å². The number of thioether (sulfide) groups is 1. The first kappa shape index (κ1) is 16.3. The Kier molecular flexibility index (Phi) is 4.38. The summed E-state index contributed by atoms with van der Waals surface area (Å²) in [6, 6.07) is 7.45. The highest BCUT2D eigenvalue weighted by Crippen LogP contribution is 2.42. The third kappa shape index (κ3) is 3.10. The number of rotatable bonds is 3. The number of amidine groups is 1. The van der Waals surface area contributed by atoms with Gasteiger partial charge in [0.25, 0.3) is 5.91 Å². The largest absolute Gasteiger partial charge is 0.388 e. The van der Waals surface area contributed by atoms with E-state index in [0.29, 0.717) is 10.2 Å². The van der Waals surface area contributed by atoms with Gasteiger partial charge in [-0.2, -0.15) is 4.99 Å². The van der Waals surface area contributed by atoms with Crippen LogP contribution in [0.4, 0.5) is 0 Å². The van der Waals surface area contributed by atoms with E-state index in [2.05, 4.69) is 10.3 Å². The molecule has 0 aromatic heterocycles. The summed E-state index contributed by atoms with van der Waals surface area (Å²) in [5, 5.41) is 14.6. The lowest BCUT2D eigenvalue weighted by Gasteiger charge is -2.33. The zero-order chi connectivity index (χ0) is 15.8. The summed E-state index contributed by atoms with van der Waals surface area (Å²) in [4.78, 5) is 16.1. The van der Waals surface area contributed by atoms with Crippen molar-refractivity contribution in [2.45, 2.75) is 44.1 Å². The van der Waals surface area contributed by atoms with Gasteiger partial charge in [-0.05, 0) is 39.3 Å². The second kappa shape index (κ2) is 5.63. The van der Waals surface area contributed by atoms with Crippen molar-refractivity contribution in [3.8, 4) is 0 Å². The van der Waals surface area contributed by atoms with Crippen LogP contribution < -0.4 is 5.32 Å². The molecule has 21 heavy (non-hydrogen) atoms. The number of carbonyl (C=O) groups is 1. The molecule has 0 bridgehead atoms. The van der Waals surface area contributed by atoms with Gasteiger partial charge in [-0.25, -0.2) is 0 Å². The fraction of sp³-hybridized carbons (Fsp3) is 0.467. The van der Waals surface area contributed by atoms with E-state index in [1.807, 2.05) is 31.2 Å². The van der Waals surface area contributed by atoms with Gasteiger partial charge in [-0.15, -0.1) is 0 Å². The number of amides is 1. The molecule has 0 saturated carbocycles. The Morgan fingerprint density at radius 1 is 1.43 bits per heavy atom. The van der Waals surface area contributed by atoms with Crippen molar-refractivity contribution in [1.82, 2.24) is 5.32 Å². The smallest absolute Gasteiger partial charge is 0.267 e. The number of hydrogen-bond acceptors (Lipinski definition) is 4. The summed E-state index contributed by atoms with van der Waals surface area (Å²) >= 11 is 7.42. The fourth-order valence-electron chi connectivity index (χ4n) is 2.00. The van der Waals surface area contributed by atoms with Crippen LogP contribution in [0.2, 0.25) is 5.02 Å². The number of nitrogens with one attached hydrogen (secondary N) is 1. The summed E-state index contributed by atoms with van der Waals surface area (Å²) in [7, 11) is 0. The first-order valence-electron chi connectivity index (χ1n) is 6.70. The minimum Gasteiger partial charge on any atom is -0.388 e. The molecule has 2 N–H and O–H groups in total. The SMILES string of the molecule is C[C@H](NC1=NC(=O)[C@](C)(C(C)(C)O)S1)c1ccccc1Cl. The molecule has 6 heteroatoms. The third-order valence-corrected chi connectivity index (χ3v) is 5.62. The van der Waals surface area contributed by atoms with E-state index < -0.39 is 10.3 Å². The molecule has 1 aliphatic heterocycles. The number of aliphatic hydroxyl groups is 1. The topological polar surface area (TPSA) is 61.7 Å². The molecule has 1 amide bonds. The van der Waals surface area contributed by atoms with E-state index >= 15 is 0 Å². The maximum absolute atomic E-state index is 12.1. The molecule has 1 aromatic carbocycles. The molecule has 0 aliphatic carbocycles. The van der Waals surface area contributed by atoms with Crippen LogP contribution in [-0.2, 0) is 4.79 Å². The van der Waals surface area contributed by atoms with Crippen LogP contribution in [0, 0.1) is 0 Å². The summed E-state index contributed by atoms with van der Waals surface area (Å²) in [6.45, 7) is 6.90. The molecule has 1 heterocycles. The van der Waals surface area contributed by atoms with Crippen molar-refractivity contribution < 1.29 is 9.90 Å². The van der Waals surface area contributed by atoms with Gasteiger partial charge in [0.2, 0.25) is 0 Å². The molecule has 114 valence electrons. The zero-order valence-electron chi connectivity index (χ0n) is 12.5. The van der Waals surface area contributed by atoms with E-state index in [1.165, 1.54) is 11.8 Å². The molecule has 0 unspecified atom stereocenters.